The second-order valence-electron chi connectivity index (χ2n) is 5.44. The highest BCUT2D eigenvalue weighted by molar-refractivity contribution is 6.06. The van der Waals surface area contributed by atoms with Crippen LogP contribution in [0.4, 0.5) is 0 Å². The molecule has 118 valence electrons. The molecule has 0 unspecified atom stereocenters. The van der Waals surface area contributed by atoms with E-state index in [4.69, 9.17) is 9.82 Å². The minimum atomic E-state index is -0.264. The summed E-state index contributed by atoms with van der Waals surface area (Å²) in [6.45, 7) is 4.23. The first-order chi connectivity index (χ1) is 11.1. The number of rotatable bonds is 4. The van der Waals surface area contributed by atoms with Gasteiger partial charge >= 0.3 is 0 Å². The smallest absolute Gasteiger partial charge is 0.275 e. The molecule has 2 heterocycles. The minimum Gasteiger partial charge on any atom is -0.349 e. The molecule has 0 atom stereocenters. The SMILES string of the molecule is CCONC(=O)c1cc(-c2cccn2C)nc2ccc(C)cc12. The topological polar surface area (TPSA) is 56.1 Å². The second kappa shape index (κ2) is 6.22. The summed E-state index contributed by atoms with van der Waals surface area (Å²) < 4.78 is 1.98. The molecule has 23 heavy (non-hydrogen) atoms. The van der Waals surface area contributed by atoms with E-state index in [0.717, 1.165) is 27.9 Å². The van der Waals surface area contributed by atoms with Crippen LogP contribution in [0.2, 0.25) is 0 Å². The largest absolute Gasteiger partial charge is 0.349 e. The van der Waals surface area contributed by atoms with Crippen molar-refractivity contribution in [2.75, 3.05) is 6.61 Å². The standard InChI is InChI=1S/C18H19N3O2/c1-4-23-20-18(22)14-11-16(17-6-5-9-21(17)3)19-15-8-7-12(2)10-13(14)15/h5-11H,4H2,1-3H3,(H,20,22). The molecule has 1 amide bonds. The first-order valence-corrected chi connectivity index (χ1v) is 7.55. The van der Waals surface area contributed by atoms with Crippen molar-refractivity contribution in [3.63, 3.8) is 0 Å². The summed E-state index contributed by atoms with van der Waals surface area (Å²) >= 11 is 0. The zero-order valence-electron chi connectivity index (χ0n) is 13.5. The van der Waals surface area contributed by atoms with Crippen LogP contribution in [0.15, 0.2) is 42.6 Å². The third kappa shape index (κ3) is 2.96. The molecule has 0 saturated carbocycles. The zero-order chi connectivity index (χ0) is 16.4. The average Bonchev–Trinajstić information content (AvgIpc) is 2.97. The van der Waals surface area contributed by atoms with Gasteiger partial charge < -0.3 is 4.57 Å². The van der Waals surface area contributed by atoms with Crippen LogP contribution in [0, 0.1) is 6.92 Å². The number of carbonyl (C=O) groups excluding carboxylic acids is 1. The average molecular weight is 309 g/mol. The molecular formula is C18H19N3O2. The molecule has 0 bridgehead atoms. The Morgan fingerprint density at radius 2 is 2.13 bits per heavy atom. The fourth-order valence-electron chi connectivity index (χ4n) is 2.58. The first-order valence-electron chi connectivity index (χ1n) is 7.55. The molecule has 5 heteroatoms. The molecule has 0 fully saturated rings. The van der Waals surface area contributed by atoms with Crippen LogP contribution < -0.4 is 5.48 Å². The number of aromatic nitrogens is 2. The van der Waals surface area contributed by atoms with Crippen molar-refractivity contribution < 1.29 is 9.63 Å². The summed E-state index contributed by atoms with van der Waals surface area (Å²) in [5.74, 6) is -0.264. The highest BCUT2D eigenvalue weighted by Crippen LogP contribution is 2.25. The number of hydrogen-bond donors (Lipinski definition) is 1. The van der Waals surface area contributed by atoms with E-state index in [1.807, 2.05) is 68.1 Å². The van der Waals surface area contributed by atoms with Crippen LogP contribution in [-0.4, -0.2) is 22.1 Å². The van der Waals surface area contributed by atoms with Gasteiger partial charge in [-0.1, -0.05) is 11.6 Å². The molecule has 0 saturated heterocycles. The molecule has 5 nitrogen and oxygen atoms in total. The highest BCUT2D eigenvalue weighted by atomic mass is 16.6. The lowest BCUT2D eigenvalue weighted by atomic mass is 10.0. The summed E-state index contributed by atoms with van der Waals surface area (Å²) in [7, 11) is 1.95. The summed E-state index contributed by atoms with van der Waals surface area (Å²) in [6, 6.07) is 11.6. The van der Waals surface area contributed by atoms with E-state index in [9.17, 15) is 4.79 Å². The van der Waals surface area contributed by atoms with Crippen LogP contribution >= 0.6 is 0 Å². The van der Waals surface area contributed by atoms with E-state index in [1.165, 1.54) is 0 Å². The molecule has 0 radical (unpaired) electrons. The van der Waals surface area contributed by atoms with Crippen LogP contribution in [0.5, 0.6) is 0 Å². The number of benzene rings is 1. The number of aryl methyl sites for hydroxylation is 2. The Labute approximate surface area is 134 Å². The van der Waals surface area contributed by atoms with Crippen molar-refractivity contribution in [1.29, 1.82) is 0 Å². The number of hydrogen-bond acceptors (Lipinski definition) is 3. The number of nitrogens with one attached hydrogen (secondary N) is 1. The van der Waals surface area contributed by atoms with E-state index in [2.05, 4.69) is 5.48 Å². The molecule has 3 aromatic rings. The van der Waals surface area contributed by atoms with Crippen LogP contribution in [-0.2, 0) is 11.9 Å². The predicted molar refractivity (Wildman–Crippen MR) is 90.0 cm³/mol. The molecule has 2 aromatic heterocycles. The predicted octanol–water partition coefficient (Wildman–Crippen LogP) is 3.23. The number of hydroxylamine groups is 1. The number of carbonyl (C=O) groups is 1. The lowest BCUT2D eigenvalue weighted by molar-refractivity contribution is 0.0366. The monoisotopic (exact) mass is 309 g/mol. The summed E-state index contributed by atoms with van der Waals surface area (Å²) in [5, 5.41) is 0.820. The summed E-state index contributed by atoms with van der Waals surface area (Å²) in [5.41, 5.74) is 6.62. The molecule has 0 aliphatic heterocycles. The maximum atomic E-state index is 12.5. The van der Waals surface area contributed by atoms with Crippen molar-refractivity contribution in [1.82, 2.24) is 15.0 Å². The fraction of sp³-hybridized carbons (Fsp3) is 0.222. The molecule has 0 aliphatic carbocycles. The van der Waals surface area contributed by atoms with Gasteiger partial charge in [0.2, 0.25) is 0 Å². The van der Waals surface area contributed by atoms with E-state index in [1.54, 1.807) is 0 Å². The molecule has 3 rings (SSSR count). The van der Waals surface area contributed by atoms with Gasteiger partial charge in [-0.2, -0.15) is 0 Å². The lowest BCUT2D eigenvalue weighted by Gasteiger charge is -2.11. The van der Waals surface area contributed by atoms with Gasteiger partial charge in [-0.15, -0.1) is 0 Å². The Kier molecular flexibility index (Phi) is 4.12. The van der Waals surface area contributed by atoms with Crippen LogP contribution in [0.25, 0.3) is 22.3 Å². The molecule has 1 aromatic carbocycles. The number of amides is 1. The van der Waals surface area contributed by atoms with Gasteiger partial charge in [0.25, 0.3) is 5.91 Å². The van der Waals surface area contributed by atoms with E-state index in [0.29, 0.717) is 12.2 Å². The zero-order valence-corrected chi connectivity index (χ0v) is 13.5. The minimum absolute atomic E-state index is 0.264. The van der Waals surface area contributed by atoms with Crippen molar-refractivity contribution in [3.05, 3.63) is 53.7 Å². The van der Waals surface area contributed by atoms with Gasteiger partial charge in [0.1, 0.15) is 0 Å². The van der Waals surface area contributed by atoms with Crippen LogP contribution in [0.1, 0.15) is 22.8 Å². The van der Waals surface area contributed by atoms with Gasteiger partial charge in [-0.25, -0.2) is 10.5 Å². The van der Waals surface area contributed by atoms with Crippen molar-refractivity contribution in [3.8, 4) is 11.4 Å². The van der Waals surface area contributed by atoms with Crippen molar-refractivity contribution in [2.45, 2.75) is 13.8 Å². The first kappa shape index (κ1) is 15.2. The maximum Gasteiger partial charge on any atom is 0.275 e. The maximum absolute atomic E-state index is 12.5. The van der Waals surface area contributed by atoms with Crippen molar-refractivity contribution in [2.24, 2.45) is 7.05 Å². The quantitative estimate of drug-likeness (QED) is 0.753. The van der Waals surface area contributed by atoms with E-state index >= 15 is 0 Å². The second-order valence-corrected chi connectivity index (χ2v) is 5.44. The molecular weight excluding hydrogens is 290 g/mol. The lowest BCUT2D eigenvalue weighted by Crippen LogP contribution is -2.24. The Morgan fingerprint density at radius 3 is 2.83 bits per heavy atom. The molecule has 0 aliphatic rings. The summed E-state index contributed by atoms with van der Waals surface area (Å²) in [4.78, 5) is 22.2. The van der Waals surface area contributed by atoms with Gasteiger partial charge in [-0.05, 0) is 44.2 Å². The van der Waals surface area contributed by atoms with Gasteiger partial charge in [0.05, 0.1) is 29.1 Å². The summed E-state index contributed by atoms with van der Waals surface area (Å²) in [6.07, 6.45) is 1.95. The Morgan fingerprint density at radius 1 is 1.30 bits per heavy atom. The van der Waals surface area contributed by atoms with E-state index < -0.39 is 0 Å². The van der Waals surface area contributed by atoms with E-state index in [-0.39, 0.29) is 5.91 Å². The molecule has 0 spiro atoms. The van der Waals surface area contributed by atoms with Crippen molar-refractivity contribution >= 4 is 16.8 Å². The number of fused-ring (bicyclic) bond motifs is 1. The Hall–Kier alpha value is -2.66. The Balaban J connectivity index is 2.20. The number of nitrogens with zero attached hydrogens (tertiary/aromatic N) is 2. The molecule has 1 N–H and O–H groups in total. The fourth-order valence-corrected chi connectivity index (χ4v) is 2.58. The number of pyridine rings is 1. The van der Waals surface area contributed by atoms with Crippen LogP contribution in [0.3, 0.4) is 0 Å². The Bertz CT molecular complexity index is 868. The highest BCUT2D eigenvalue weighted by Gasteiger charge is 2.15. The van der Waals surface area contributed by atoms with Gasteiger partial charge in [0, 0.05) is 18.6 Å². The normalized spacial score (nSPS) is 10.9. The third-order valence-electron chi connectivity index (χ3n) is 3.72. The van der Waals surface area contributed by atoms with Gasteiger partial charge in [0.15, 0.2) is 0 Å². The third-order valence-corrected chi connectivity index (χ3v) is 3.72. The van der Waals surface area contributed by atoms with Gasteiger partial charge in [-0.3, -0.25) is 9.63 Å².